The van der Waals surface area contributed by atoms with E-state index >= 15 is 0 Å². The van der Waals surface area contributed by atoms with Crippen LogP contribution in [-0.2, 0) is 33.4 Å². The van der Waals surface area contributed by atoms with Crippen molar-refractivity contribution in [1.29, 1.82) is 0 Å². The highest BCUT2D eigenvalue weighted by Gasteiger charge is 2.46. The van der Waals surface area contributed by atoms with Crippen molar-refractivity contribution in [2.75, 3.05) is 59.3 Å². The third kappa shape index (κ3) is 12.2. The monoisotopic (exact) mass is 700 g/mol. The third-order valence-electron chi connectivity index (χ3n) is 9.06. The van der Waals surface area contributed by atoms with Gasteiger partial charge in [-0.05, 0) is 69.9 Å². The minimum atomic E-state index is -1.08. The quantitative estimate of drug-likeness (QED) is 0.114. The van der Waals surface area contributed by atoms with Crippen LogP contribution in [0, 0.1) is 5.92 Å². The normalized spacial score (nSPS) is 17.8. The predicted octanol–water partition coefficient (Wildman–Crippen LogP) is 2.67. The van der Waals surface area contributed by atoms with Gasteiger partial charge in [0.1, 0.15) is 11.8 Å². The number of amides is 6. The van der Waals surface area contributed by atoms with Gasteiger partial charge >= 0.3 is 0 Å². The first kappa shape index (κ1) is 38.9. The molecule has 50 heavy (non-hydrogen) atoms. The molecule has 1 aromatic rings. The highest BCUT2D eigenvalue weighted by atomic mass is 16.5. The van der Waals surface area contributed by atoms with Crippen molar-refractivity contribution in [2.45, 2.75) is 89.5 Å². The molecule has 1 saturated carbocycles. The number of ether oxygens (including phenoxy) is 4. The van der Waals surface area contributed by atoms with Crippen LogP contribution in [0.1, 0.15) is 104 Å². The Morgan fingerprint density at radius 3 is 2.04 bits per heavy atom. The second-order valence-corrected chi connectivity index (χ2v) is 12.8. The topological polar surface area (TPSA) is 179 Å². The van der Waals surface area contributed by atoms with Crippen LogP contribution in [0.5, 0.6) is 5.75 Å². The molecule has 14 heteroatoms. The SMILES string of the molecule is O=C(COc1cccc2c1C(=O)N(C1CCC(=O)NC1=O)C2=O)NCCCCCOCCOCCOCCCCCNC(=O)C1CCCCC1. The summed E-state index contributed by atoms with van der Waals surface area (Å²) in [7, 11) is 0. The molecule has 0 aromatic heterocycles. The van der Waals surface area contributed by atoms with Crippen molar-refractivity contribution >= 4 is 35.4 Å². The van der Waals surface area contributed by atoms with E-state index in [4.69, 9.17) is 18.9 Å². The molecule has 0 bridgehead atoms. The lowest BCUT2D eigenvalue weighted by Gasteiger charge is -2.27. The molecule has 1 atom stereocenters. The maximum atomic E-state index is 13.1. The Kier molecular flexibility index (Phi) is 16.6. The fourth-order valence-corrected chi connectivity index (χ4v) is 6.30. The van der Waals surface area contributed by atoms with Crippen LogP contribution in [0.4, 0.5) is 0 Å². The predicted molar refractivity (Wildman–Crippen MR) is 181 cm³/mol. The molecule has 2 aliphatic heterocycles. The van der Waals surface area contributed by atoms with Gasteiger partial charge in [0.15, 0.2) is 6.61 Å². The van der Waals surface area contributed by atoms with E-state index in [1.165, 1.54) is 31.4 Å². The smallest absolute Gasteiger partial charge is 0.266 e. The van der Waals surface area contributed by atoms with Crippen LogP contribution in [0.2, 0.25) is 0 Å². The Balaban J connectivity index is 0.933. The number of benzene rings is 1. The zero-order valence-electron chi connectivity index (χ0n) is 29.0. The zero-order valence-corrected chi connectivity index (χ0v) is 29.0. The van der Waals surface area contributed by atoms with Gasteiger partial charge in [-0.3, -0.25) is 39.0 Å². The van der Waals surface area contributed by atoms with Gasteiger partial charge in [-0.25, -0.2) is 0 Å². The number of hydrogen-bond acceptors (Lipinski definition) is 10. The number of carbonyl (C=O) groups is 6. The molecule has 2 fully saturated rings. The van der Waals surface area contributed by atoms with E-state index in [9.17, 15) is 28.8 Å². The Hall–Kier alpha value is -3.88. The van der Waals surface area contributed by atoms with E-state index in [0.29, 0.717) is 46.2 Å². The first-order valence-electron chi connectivity index (χ1n) is 18.1. The van der Waals surface area contributed by atoms with Crippen molar-refractivity contribution < 1.29 is 47.7 Å². The van der Waals surface area contributed by atoms with Crippen molar-refractivity contribution in [3.8, 4) is 5.75 Å². The number of hydrogen-bond donors (Lipinski definition) is 3. The molecule has 1 aromatic carbocycles. The molecule has 4 rings (SSSR count). The number of imide groups is 2. The third-order valence-corrected chi connectivity index (χ3v) is 9.06. The molecule has 1 unspecified atom stereocenters. The van der Waals surface area contributed by atoms with Gasteiger partial charge in [-0.15, -0.1) is 0 Å². The fraction of sp³-hybridized carbons (Fsp3) is 0.667. The van der Waals surface area contributed by atoms with Crippen LogP contribution in [-0.4, -0.2) is 106 Å². The van der Waals surface area contributed by atoms with Crippen molar-refractivity contribution in [3.63, 3.8) is 0 Å². The molecule has 6 amide bonds. The number of unbranched alkanes of at least 4 members (excludes halogenated alkanes) is 4. The van der Waals surface area contributed by atoms with Gasteiger partial charge in [0.2, 0.25) is 17.7 Å². The summed E-state index contributed by atoms with van der Waals surface area (Å²) in [5.41, 5.74) is 0.0927. The van der Waals surface area contributed by atoms with Crippen LogP contribution in [0.25, 0.3) is 0 Å². The standard InChI is InChI=1S/C36H52N4O10/c41-30-16-15-28(34(44)39-30)40-35(45)27-13-10-14-29(32(27)36(40)46)50-25-31(42)37-17-6-2-8-19-47-21-23-49-24-22-48-20-9-3-7-18-38-33(43)26-11-4-1-5-12-26/h10,13-14,26,28H,1-9,11-12,15-25H2,(H,37,42)(H,38,43)(H,39,41,44). The average Bonchev–Trinajstić information content (AvgIpc) is 3.37. The molecule has 3 aliphatic rings. The molecule has 1 aliphatic carbocycles. The molecular weight excluding hydrogens is 648 g/mol. The minimum Gasteiger partial charge on any atom is -0.483 e. The van der Waals surface area contributed by atoms with Gasteiger partial charge in [0.05, 0.1) is 37.6 Å². The molecule has 0 spiro atoms. The molecule has 0 radical (unpaired) electrons. The Bertz CT molecular complexity index is 1320. The fourth-order valence-electron chi connectivity index (χ4n) is 6.30. The van der Waals surface area contributed by atoms with Crippen LogP contribution < -0.4 is 20.7 Å². The number of rotatable bonds is 23. The summed E-state index contributed by atoms with van der Waals surface area (Å²) in [4.78, 5) is 75.2. The van der Waals surface area contributed by atoms with Crippen molar-refractivity contribution in [3.05, 3.63) is 29.3 Å². The maximum absolute atomic E-state index is 13.1. The number of fused-ring (bicyclic) bond motifs is 1. The lowest BCUT2D eigenvalue weighted by Crippen LogP contribution is -2.54. The highest BCUT2D eigenvalue weighted by molar-refractivity contribution is 6.24. The van der Waals surface area contributed by atoms with E-state index in [0.717, 1.165) is 62.8 Å². The molecule has 14 nitrogen and oxygen atoms in total. The van der Waals surface area contributed by atoms with E-state index in [-0.39, 0.29) is 54.1 Å². The molecule has 2 heterocycles. The highest BCUT2D eigenvalue weighted by Crippen LogP contribution is 2.33. The average molecular weight is 701 g/mol. The van der Waals surface area contributed by atoms with E-state index in [1.54, 1.807) is 6.07 Å². The van der Waals surface area contributed by atoms with Crippen molar-refractivity contribution in [2.24, 2.45) is 5.92 Å². The Morgan fingerprint density at radius 2 is 1.38 bits per heavy atom. The van der Waals surface area contributed by atoms with Crippen LogP contribution >= 0.6 is 0 Å². The van der Waals surface area contributed by atoms with E-state index < -0.39 is 29.7 Å². The molecule has 3 N–H and O–H groups in total. The summed E-state index contributed by atoms with van der Waals surface area (Å²) < 4.78 is 22.4. The summed E-state index contributed by atoms with van der Waals surface area (Å²) in [5.74, 6) is -2.30. The first-order chi connectivity index (χ1) is 24.4. The minimum absolute atomic E-state index is 0.00350. The lowest BCUT2D eigenvalue weighted by atomic mass is 9.89. The lowest BCUT2D eigenvalue weighted by molar-refractivity contribution is -0.136. The van der Waals surface area contributed by atoms with Gasteiger partial charge < -0.3 is 29.6 Å². The van der Waals surface area contributed by atoms with E-state index in [1.807, 2.05) is 0 Å². The van der Waals surface area contributed by atoms with Gasteiger partial charge in [0, 0.05) is 38.6 Å². The molecular formula is C36H52N4O10. The van der Waals surface area contributed by atoms with Gasteiger partial charge in [-0.2, -0.15) is 0 Å². The zero-order chi connectivity index (χ0) is 35.6. The number of nitrogens with one attached hydrogen (secondary N) is 3. The number of piperidine rings is 1. The first-order valence-corrected chi connectivity index (χ1v) is 18.1. The second kappa shape index (κ2) is 21.4. The summed E-state index contributed by atoms with van der Waals surface area (Å²) in [6, 6.07) is 3.43. The van der Waals surface area contributed by atoms with Gasteiger partial charge in [-0.1, -0.05) is 25.3 Å². The largest absolute Gasteiger partial charge is 0.483 e. The Morgan fingerprint density at radius 1 is 0.740 bits per heavy atom. The van der Waals surface area contributed by atoms with Gasteiger partial charge in [0.25, 0.3) is 17.7 Å². The summed E-state index contributed by atoms with van der Waals surface area (Å²) in [6.45, 7) is 4.21. The second-order valence-electron chi connectivity index (χ2n) is 12.8. The number of carbonyl (C=O) groups excluding carboxylic acids is 6. The maximum Gasteiger partial charge on any atom is 0.266 e. The summed E-state index contributed by atoms with van der Waals surface area (Å²) in [6.07, 6.45) is 11.2. The number of nitrogens with zero attached hydrogens (tertiary/aromatic N) is 1. The van der Waals surface area contributed by atoms with Crippen LogP contribution in [0.15, 0.2) is 18.2 Å². The van der Waals surface area contributed by atoms with E-state index in [2.05, 4.69) is 16.0 Å². The molecule has 1 saturated heterocycles. The Labute approximate surface area is 293 Å². The summed E-state index contributed by atoms with van der Waals surface area (Å²) >= 11 is 0. The molecule has 276 valence electrons. The summed E-state index contributed by atoms with van der Waals surface area (Å²) in [5, 5.41) is 8.02. The van der Waals surface area contributed by atoms with Crippen molar-refractivity contribution in [1.82, 2.24) is 20.9 Å². The van der Waals surface area contributed by atoms with Crippen LogP contribution in [0.3, 0.4) is 0 Å².